The van der Waals surface area contributed by atoms with E-state index in [1.54, 1.807) is 0 Å². The Labute approximate surface area is 117 Å². The van der Waals surface area contributed by atoms with Gasteiger partial charge in [-0.1, -0.05) is 65.8 Å². The van der Waals surface area contributed by atoms with E-state index in [1.165, 1.54) is 0 Å². The minimum Gasteiger partial charge on any atom is -0.387 e. The number of hydrogen-bond acceptors (Lipinski definition) is 3. The summed E-state index contributed by atoms with van der Waals surface area (Å²) in [7, 11) is 0. The fraction of sp³-hybridized carbons (Fsp3) is 0.235. The fourth-order valence-corrected chi connectivity index (χ4v) is 2.94. The van der Waals surface area contributed by atoms with Gasteiger partial charge in [-0.2, -0.15) is 0 Å². The number of hydrogen-bond donors (Lipinski definition) is 0. The second kappa shape index (κ2) is 4.76. The first-order chi connectivity index (χ1) is 9.93. The summed E-state index contributed by atoms with van der Waals surface area (Å²) in [6.07, 6.45) is -0.0742. The van der Waals surface area contributed by atoms with Gasteiger partial charge in [-0.15, -0.1) is 0 Å². The zero-order valence-electron chi connectivity index (χ0n) is 11.0. The molecule has 0 bridgehead atoms. The topological polar surface area (TPSA) is 30.8 Å². The average molecular weight is 265 g/mol. The molecule has 2 heterocycles. The van der Waals surface area contributed by atoms with E-state index in [0.717, 1.165) is 16.8 Å². The third-order valence-corrected chi connectivity index (χ3v) is 3.96. The Morgan fingerprint density at radius 3 is 2.20 bits per heavy atom. The molecule has 2 aliphatic heterocycles. The smallest absolute Gasteiger partial charge is 0.163 e. The van der Waals surface area contributed by atoms with Crippen molar-refractivity contribution in [1.82, 2.24) is 0 Å². The molecule has 0 aliphatic carbocycles. The van der Waals surface area contributed by atoms with Gasteiger partial charge in [0.15, 0.2) is 6.10 Å². The molecule has 3 heteroatoms. The van der Waals surface area contributed by atoms with Gasteiger partial charge in [0.1, 0.15) is 11.8 Å². The fourth-order valence-electron chi connectivity index (χ4n) is 2.94. The van der Waals surface area contributed by atoms with Crippen LogP contribution in [0.25, 0.3) is 0 Å². The number of oxime groups is 1. The molecular formula is C17H15NO2. The maximum Gasteiger partial charge on any atom is 0.163 e. The van der Waals surface area contributed by atoms with Crippen LogP contribution in [-0.2, 0) is 9.57 Å². The van der Waals surface area contributed by atoms with Crippen molar-refractivity contribution in [1.29, 1.82) is 0 Å². The molecular weight excluding hydrogens is 250 g/mol. The number of nitrogens with zero attached hydrogens (tertiary/aromatic N) is 1. The number of rotatable bonds is 2. The Hall–Kier alpha value is -2.13. The van der Waals surface area contributed by atoms with E-state index in [-0.39, 0.29) is 18.1 Å². The van der Waals surface area contributed by atoms with Gasteiger partial charge in [-0.05, 0) is 11.1 Å². The molecule has 0 spiro atoms. The van der Waals surface area contributed by atoms with Crippen LogP contribution in [-0.4, -0.2) is 12.3 Å². The Kier molecular flexibility index (Phi) is 2.78. The highest BCUT2D eigenvalue weighted by molar-refractivity contribution is 5.94. The van der Waals surface area contributed by atoms with Crippen LogP contribution in [0.5, 0.6) is 0 Å². The van der Waals surface area contributed by atoms with Crippen molar-refractivity contribution in [3.05, 3.63) is 71.8 Å². The molecule has 0 saturated carbocycles. The molecule has 0 unspecified atom stereocenters. The van der Waals surface area contributed by atoms with E-state index in [9.17, 15) is 0 Å². The Morgan fingerprint density at radius 1 is 0.850 bits per heavy atom. The number of ether oxygens (including phenoxy) is 1. The molecule has 100 valence electrons. The summed E-state index contributed by atoms with van der Waals surface area (Å²) in [6.45, 7) is 0.665. The lowest BCUT2D eigenvalue weighted by Gasteiger charge is -2.13. The summed E-state index contributed by atoms with van der Waals surface area (Å²) >= 11 is 0. The molecule has 3 nitrogen and oxygen atoms in total. The SMILES string of the molecule is c1ccc([C@@H]2OC[C@H]3C2=NO[C@@H]3c2ccccc2)cc1. The predicted molar refractivity (Wildman–Crippen MR) is 76.3 cm³/mol. The molecule has 2 aromatic rings. The van der Waals surface area contributed by atoms with Crippen LogP contribution in [0.4, 0.5) is 0 Å². The molecule has 3 atom stereocenters. The first-order valence-electron chi connectivity index (χ1n) is 6.88. The maximum atomic E-state index is 5.95. The van der Waals surface area contributed by atoms with Gasteiger partial charge in [-0.3, -0.25) is 0 Å². The second-order valence-electron chi connectivity index (χ2n) is 5.18. The van der Waals surface area contributed by atoms with Crippen LogP contribution in [0.2, 0.25) is 0 Å². The largest absolute Gasteiger partial charge is 0.387 e. The highest BCUT2D eigenvalue weighted by atomic mass is 16.7. The second-order valence-corrected chi connectivity index (χ2v) is 5.18. The standard InChI is InChI=1S/C17H15NO2/c1-3-7-12(8-4-1)16-14-11-19-17(15(14)18-20-16)13-9-5-2-6-10-13/h1-10,14,16-17H,11H2/t14-,16+,17-/m0/s1. The summed E-state index contributed by atoms with van der Waals surface area (Å²) < 4.78 is 5.95. The van der Waals surface area contributed by atoms with Crippen LogP contribution in [0.1, 0.15) is 23.3 Å². The van der Waals surface area contributed by atoms with Crippen molar-refractivity contribution in [2.45, 2.75) is 12.2 Å². The highest BCUT2D eigenvalue weighted by Gasteiger charge is 2.45. The average Bonchev–Trinajstić information content (AvgIpc) is 3.10. The van der Waals surface area contributed by atoms with Crippen LogP contribution >= 0.6 is 0 Å². The molecule has 4 rings (SSSR count). The zero-order valence-corrected chi connectivity index (χ0v) is 11.0. The van der Waals surface area contributed by atoms with Gasteiger partial charge in [0.05, 0.1) is 12.5 Å². The highest BCUT2D eigenvalue weighted by Crippen LogP contribution is 2.42. The maximum absolute atomic E-state index is 5.95. The third kappa shape index (κ3) is 1.82. The monoisotopic (exact) mass is 265 g/mol. The lowest BCUT2D eigenvalue weighted by Crippen LogP contribution is -2.16. The predicted octanol–water partition coefficient (Wildman–Crippen LogP) is 3.50. The molecule has 0 aromatic heterocycles. The molecule has 1 fully saturated rings. The summed E-state index contributed by atoms with van der Waals surface area (Å²) in [5.41, 5.74) is 3.32. The molecule has 1 saturated heterocycles. The summed E-state index contributed by atoms with van der Waals surface area (Å²) in [5.74, 6) is 0.225. The molecule has 2 aromatic carbocycles. The molecule has 0 amide bonds. The lowest BCUT2D eigenvalue weighted by molar-refractivity contribution is 0.0242. The number of benzene rings is 2. The van der Waals surface area contributed by atoms with E-state index < -0.39 is 0 Å². The van der Waals surface area contributed by atoms with Gasteiger partial charge < -0.3 is 9.57 Å². The quantitative estimate of drug-likeness (QED) is 0.832. The summed E-state index contributed by atoms with van der Waals surface area (Å²) in [4.78, 5) is 5.67. The van der Waals surface area contributed by atoms with E-state index in [1.807, 2.05) is 36.4 Å². The first-order valence-corrected chi connectivity index (χ1v) is 6.88. The Morgan fingerprint density at radius 2 is 1.50 bits per heavy atom. The van der Waals surface area contributed by atoms with Crippen molar-refractivity contribution in [3.63, 3.8) is 0 Å². The third-order valence-electron chi connectivity index (χ3n) is 3.96. The van der Waals surface area contributed by atoms with E-state index in [0.29, 0.717) is 6.61 Å². The van der Waals surface area contributed by atoms with Crippen molar-refractivity contribution < 1.29 is 9.57 Å². The minimum absolute atomic E-state index is 0.0140. The molecule has 2 aliphatic rings. The first kappa shape index (κ1) is 11.7. The van der Waals surface area contributed by atoms with Gasteiger partial charge in [0, 0.05) is 0 Å². The van der Waals surface area contributed by atoms with Crippen molar-refractivity contribution in [2.24, 2.45) is 11.1 Å². The molecule has 0 N–H and O–H groups in total. The van der Waals surface area contributed by atoms with Gasteiger partial charge in [-0.25, -0.2) is 0 Å². The molecule has 20 heavy (non-hydrogen) atoms. The normalized spacial score (nSPS) is 27.8. The Balaban J connectivity index is 1.61. The van der Waals surface area contributed by atoms with Crippen LogP contribution in [0.3, 0.4) is 0 Å². The van der Waals surface area contributed by atoms with Crippen molar-refractivity contribution in [3.8, 4) is 0 Å². The van der Waals surface area contributed by atoms with Crippen LogP contribution < -0.4 is 0 Å². The minimum atomic E-state index is -0.0603. The molecule has 0 radical (unpaired) electrons. The van der Waals surface area contributed by atoms with Crippen molar-refractivity contribution >= 4 is 5.71 Å². The van der Waals surface area contributed by atoms with E-state index in [4.69, 9.17) is 9.57 Å². The van der Waals surface area contributed by atoms with Gasteiger partial charge in [0.2, 0.25) is 0 Å². The van der Waals surface area contributed by atoms with Crippen molar-refractivity contribution in [2.75, 3.05) is 6.61 Å². The zero-order chi connectivity index (χ0) is 13.4. The summed E-state index contributed by atoms with van der Waals surface area (Å²) in [6, 6.07) is 20.4. The summed E-state index contributed by atoms with van der Waals surface area (Å²) in [5, 5.41) is 4.30. The van der Waals surface area contributed by atoms with Crippen LogP contribution in [0, 0.1) is 5.92 Å². The Bertz CT molecular complexity index is 624. The van der Waals surface area contributed by atoms with Gasteiger partial charge >= 0.3 is 0 Å². The van der Waals surface area contributed by atoms with Gasteiger partial charge in [0.25, 0.3) is 0 Å². The van der Waals surface area contributed by atoms with E-state index in [2.05, 4.69) is 29.4 Å². The van der Waals surface area contributed by atoms with E-state index >= 15 is 0 Å². The lowest BCUT2D eigenvalue weighted by atomic mass is 9.91. The van der Waals surface area contributed by atoms with Crippen LogP contribution in [0.15, 0.2) is 65.8 Å². The number of fused-ring (bicyclic) bond motifs is 1.